The highest BCUT2D eigenvalue weighted by Crippen LogP contribution is 2.57. The third-order valence-electron chi connectivity index (χ3n) is 33.2. The van der Waals surface area contributed by atoms with Gasteiger partial charge in [-0.2, -0.15) is 0 Å². The zero-order valence-corrected chi connectivity index (χ0v) is 84.7. The number of benzene rings is 2. The van der Waals surface area contributed by atoms with Gasteiger partial charge >= 0.3 is 0 Å². The maximum atomic E-state index is 14.5. The molecule has 2 amide bonds. The van der Waals surface area contributed by atoms with E-state index in [2.05, 4.69) is 131 Å². The molecule has 27 nitrogen and oxygen atoms in total. The Morgan fingerprint density at radius 1 is 0.418 bits per heavy atom. The second-order valence-corrected chi connectivity index (χ2v) is 46.6. The molecule has 31 heteroatoms. The Hall–Kier alpha value is -10.9. The second kappa shape index (κ2) is 37.1. The highest BCUT2D eigenvalue weighted by molar-refractivity contribution is 6.35. The van der Waals surface area contributed by atoms with Crippen molar-refractivity contribution in [1.82, 2.24) is 100 Å². The molecule has 744 valence electrons. The van der Waals surface area contributed by atoms with Crippen molar-refractivity contribution in [2.75, 3.05) is 85.6 Å². The minimum Gasteiger partial charge on any atom is -0.497 e. The molecule has 6 saturated heterocycles. The maximum absolute atomic E-state index is 14.5. The number of pyridine rings is 4. The van der Waals surface area contributed by atoms with Crippen LogP contribution in [0.2, 0.25) is 5.02 Å². The summed E-state index contributed by atoms with van der Waals surface area (Å²) < 4.78 is 55.7. The first-order chi connectivity index (χ1) is 67.1. The fourth-order valence-corrected chi connectivity index (χ4v) is 25.6. The summed E-state index contributed by atoms with van der Waals surface area (Å²) in [4.78, 5) is 112. The number of aryl methyl sites for hydroxylation is 4. The largest absolute Gasteiger partial charge is 0.497 e. The lowest BCUT2D eigenvalue weighted by molar-refractivity contribution is -0.125. The normalized spacial score (nSPS) is 26.6. The molecule has 7 saturated carbocycles. The smallest absolute Gasteiger partial charge is 0.224 e. The molecular weight excluding hydrogens is 1810 g/mol. The van der Waals surface area contributed by atoms with Gasteiger partial charge in [-0.3, -0.25) is 33.2 Å². The highest BCUT2D eigenvalue weighted by atomic mass is 35.5. The van der Waals surface area contributed by atoms with E-state index in [9.17, 15) is 41.9 Å². The summed E-state index contributed by atoms with van der Waals surface area (Å²) >= 11 is 6.25. The van der Waals surface area contributed by atoms with Gasteiger partial charge in [0, 0.05) is 142 Å². The van der Waals surface area contributed by atoms with Crippen molar-refractivity contribution < 1.29 is 46.7 Å². The number of aromatic nitrogens is 12. The first-order valence-electron chi connectivity index (χ1n) is 50.7. The number of nitrogens with zero attached hydrogens (tertiary/aromatic N) is 12. The standard InChI is InChI=1S/C20H24FN3O.C19H22FN3O.C18H20ClN3O.C18H24N4O2.C18H23N3O.C17H21FN4O/c1-20(2,8-15(25)16-12-9-22-10-13(12)16)19-23-17(11-5-6-11)18-14(21)4-3-7-24(18)19;1-10-22-17-11(5-4-6-14(17)20)18(23-10)19(2,3)7-15(24)16-12-8-21-9-13(12)16;1-18(2,6-14(23)15-11-7-20-8-12(11)15)17-10-4-3-5-13(19)16(10)21-9-22-17;1-10-14-7-11(24-4)5-6-22(14)17(20-10)18(2,3)21-16(23)15-12-8-19-9-13(12)15;1-11-5-4-6-21-15(10-20-17(11)21)18(2,3)7-14(22)16-12-8-19-9-13(12)16;1-9-14-12(18)5-4-6-22(14)16(20-9)17(2,3)21-15(23)13-10-7-19-8-11(10)13/h3-4,7,11-13,16,22H,5-6,8-10H2,1-2H3;4-6,12-13,16,21H,7-9H2,1-3H3;3-5,9,11-12,15,20H,6-8H2,1-2H3;5-7,12-13,15,19H,8-9H2,1-4H3,(H,21,23);4-6,10,12-13,16,19H,7-9H2,1-3H3;4-6,10-11,13,19H,7-8H2,1-3H3,(H,21,23)/t2*12-,13+,16?;11-,12+,15?;12-,13+,15?;12-,13+,16?;10-,11+,13?. The molecule has 12 aromatic rings. The Labute approximate surface area is 826 Å². The lowest BCUT2D eigenvalue weighted by Gasteiger charge is -2.25. The van der Waals surface area contributed by atoms with Crippen molar-refractivity contribution in [3.05, 3.63) is 208 Å². The molecule has 0 bridgehead atoms. The number of fused-ring (bicyclic) bond motifs is 12. The predicted molar refractivity (Wildman–Crippen MR) is 535 cm³/mol. The van der Waals surface area contributed by atoms with Crippen LogP contribution in [-0.4, -0.2) is 178 Å². The van der Waals surface area contributed by atoms with Gasteiger partial charge in [-0.1, -0.05) is 97.3 Å². The molecule has 6 aliphatic heterocycles. The average molecular weight is 1940 g/mol. The summed E-state index contributed by atoms with van der Waals surface area (Å²) in [7, 11) is 1.66. The van der Waals surface area contributed by atoms with Gasteiger partial charge < -0.3 is 60.5 Å². The number of halogens is 4. The lowest BCUT2D eigenvalue weighted by atomic mass is 9.80. The first kappa shape index (κ1) is 97.6. The number of para-hydroxylation sites is 2. The number of piperidine rings is 6. The van der Waals surface area contributed by atoms with Gasteiger partial charge in [0.1, 0.15) is 98.2 Å². The van der Waals surface area contributed by atoms with Gasteiger partial charge in [-0.15, -0.1) is 0 Å². The number of methoxy groups -OCH3 is 1. The molecule has 18 atom stereocenters. The van der Waals surface area contributed by atoms with Crippen LogP contribution < -0.4 is 47.3 Å². The highest BCUT2D eigenvalue weighted by Gasteiger charge is 2.62. The van der Waals surface area contributed by atoms with Crippen LogP contribution in [0.4, 0.5) is 13.2 Å². The molecule has 2 aromatic carbocycles. The Kier molecular flexibility index (Phi) is 25.7. The number of hydrogen-bond acceptors (Lipinski definition) is 21. The number of hydrogen-bond donors (Lipinski definition) is 8. The lowest BCUT2D eigenvalue weighted by Crippen LogP contribution is -2.44. The van der Waals surface area contributed by atoms with E-state index in [1.165, 1.54) is 23.8 Å². The van der Waals surface area contributed by atoms with Gasteiger partial charge in [0.2, 0.25) is 11.8 Å². The van der Waals surface area contributed by atoms with Crippen molar-refractivity contribution in [2.45, 2.75) is 188 Å². The van der Waals surface area contributed by atoms with Crippen molar-refractivity contribution in [3.63, 3.8) is 0 Å². The van der Waals surface area contributed by atoms with Gasteiger partial charge in [0.05, 0.1) is 62.7 Å². The summed E-state index contributed by atoms with van der Waals surface area (Å²) in [5.74, 6) is 12.6. The first-order valence-corrected chi connectivity index (χ1v) is 51.1. The van der Waals surface area contributed by atoms with Crippen LogP contribution in [0, 0.1) is 152 Å². The number of Topliss-reactive ketones (excluding diaryl/α,β-unsaturated/α-hetero) is 4. The molecule has 0 spiro atoms. The minimum absolute atomic E-state index is 0.0808. The number of amides is 2. The molecule has 8 N–H and O–H groups in total. The molecule has 141 heavy (non-hydrogen) atoms. The van der Waals surface area contributed by atoms with E-state index in [0.29, 0.717) is 176 Å². The van der Waals surface area contributed by atoms with E-state index in [0.717, 1.165) is 159 Å². The van der Waals surface area contributed by atoms with Gasteiger partial charge in [-0.05, 0) is 272 Å². The van der Waals surface area contributed by atoms with E-state index in [-0.39, 0.29) is 69.7 Å². The number of imidazole rings is 4. The number of ether oxygens (including phenoxy) is 1. The predicted octanol–water partition coefficient (Wildman–Crippen LogP) is 14.2. The molecule has 16 heterocycles. The summed E-state index contributed by atoms with van der Waals surface area (Å²) in [6.45, 7) is 43.8. The molecule has 25 rings (SSSR count). The van der Waals surface area contributed by atoms with Gasteiger partial charge in [0.15, 0.2) is 0 Å². The average Bonchev–Trinajstić information content (AvgIpc) is 1.60. The van der Waals surface area contributed by atoms with Crippen molar-refractivity contribution in [2.24, 2.45) is 107 Å². The molecule has 0 radical (unpaired) electrons. The molecule has 10 aromatic heterocycles. The van der Waals surface area contributed by atoms with E-state index in [1.807, 2.05) is 125 Å². The molecule has 7 aliphatic carbocycles. The number of carbonyl (C=O) groups is 6. The summed E-state index contributed by atoms with van der Waals surface area (Å²) in [6.07, 6.45) is 15.4. The Morgan fingerprint density at radius 2 is 0.837 bits per heavy atom. The Morgan fingerprint density at radius 3 is 1.33 bits per heavy atom. The van der Waals surface area contributed by atoms with Crippen LogP contribution in [0.5, 0.6) is 5.75 Å². The van der Waals surface area contributed by atoms with Crippen LogP contribution in [-0.2, 0) is 61.5 Å². The van der Waals surface area contributed by atoms with E-state index in [4.69, 9.17) is 26.3 Å². The van der Waals surface area contributed by atoms with E-state index >= 15 is 0 Å². The SMILES string of the molecule is CC(C)(CC(=O)C1[C@H]2CNC[C@@H]12)c1nc(C2CC2)c2c(F)cccn12.CC(C)(CC(=O)C1[C@H]2CNC[C@@H]12)c1ncnc2c(Cl)cccc12.COc1ccn2c(C(C)(C)NC(=O)C3[C@H]4CNC[C@@H]34)nc(C)c2c1.Cc1cccn2c(C(C)(C)CC(=O)C3[C@H]4CNC[C@@H]34)cnc12.Cc1nc(C(C)(C)CC(=O)C2[C@H]3CNC[C@@H]23)c2cccc(F)c2n1.Cc1nc(C(C)(C)NC(=O)C2[C@H]3CNC[C@@H]23)n2cccc(F)c12. The van der Waals surface area contributed by atoms with Crippen LogP contribution in [0.1, 0.15) is 191 Å². The zero-order valence-electron chi connectivity index (χ0n) is 84.0. The second-order valence-electron chi connectivity index (χ2n) is 46.2. The van der Waals surface area contributed by atoms with Gasteiger partial charge in [0.25, 0.3) is 0 Å². The summed E-state index contributed by atoms with van der Waals surface area (Å²) in [5.41, 5.74) is 8.02. The van der Waals surface area contributed by atoms with Crippen LogP contribution in [0.3, 0.4) is 0 Å². The fourth-order valence-electron chi connectivity index (χ4n) is 25.4. The monoisotopic (exact) mass is 1940 g/mol. The number of carbonyl (C=O) groups excluding carboxylic acids is 6. The number of rotatable bonds is 24. The molecule has 13 aliphatic rings. The van der Waals surface area contributed by atoms with Gasteiger partial charge in [-0.25, -0.2) is 53.0 Å². The van der Waals surface area contributed by atoms with Crippen molar-refractivity contribution in [1.29, 1.82) is 0 Å². The molecule has 6 unspecified atom stereocenters. The van der Waals surface area contributed by atoms with E-state index < -0.39 is 21.9 Å². The van der Waals surface area contributed by atoms with Crippen LogP contribution in [0.15, 0.2) is 122 Å². The third-order valence-corrected chi connectivity index (χ3v) is 33.5. The van der Waals surface area contributed by atoms with Crippen LogP contribution >= 0.6 is 11.6 Å². The summed E-state index contributed by atoms with van der Waals surface area (Å²) in [6, 6.07) is 25.0. The van der Waals surface area contributed by atoms with Crippen molar-refractivity contribution >= 4 is 90.6 Å². The molecule has 13 fully saturated rings. The topological polar surface area (TPSA) is 329 Å². The fraction of sp³-hybridized carbons (Fsp3) is 0.545. The van der Waals surface area contributed by atoms with Crippen LogP contribution in [0.25, 0.3) is 44.0 Å². The number of nitrogens with one attached hydrogen (secondary N) is 8. The zero-order chi connectivity index (χ0) is 99.5. The third kappa shape index (κ3) is 18.7. The number of ketones is 4. The summed E-state index contributed by atoms with van der Waals surface area (Å²) in [5, 5.41) is 28.6. The quantitative estimate of drug-likeness (QED) is 0.0279. The maximum Gasteiger partial charge on any atom is 0.224 e. The Balaban J connectivity index is 0.000000104. The van der Waals surface area contributed by atoms with Crippen molar-refractivity contribution in [3.8, 4) is 5.75 Å². The van der Waals surface area contributed by atoms with E-state index in [1.54, 1.807) is 56.1 Å². The minimum atomic E-state index is -0.660. The Bertz CT molecular complexity index is 6890. The molecular formula is C110H134ClF3N20O7.